The quantitative estimate of drug-likeness (QED) is 0.606. The van der Waals surface area contributed by atoms with Crippen LogP contribution in [-0.2, 0) is 24.1 Å². The number of aryl methyl sites for hydroxylation is 2. The first kappa shape index (κ1) is 15.3. The molecule has 0 bridgehead atoms. The van der Waals surface area contributed by atoms with Gasteiger partial charge in [-0.3, -0.25) is 4.79 Å². The Bertz CT molecular complexity index is 433. The minimum Gasteiger partial charge on any atom is -0.299 e. The minimum atomic E-state index is 0.400. The van der Waals surface area contributed by atoms with Crippen LogP contribution in [-0.4, -0.2) is 5.78 Å². The number of carbonyl (C=O) groups excluding carboxylic acids is 1. The minimum absolute atomic E-state index is 0.400. The molecule has 0 unspecified atom stereocenters. The molecule has 0 fully saturated rings. The highest BCUT2D eigenvalue weighted by Gasteiger charge is 2.15. The van der Waals surface area contributed by atoms with Gasteiger partial charge in [0.2, 0.25) is 0 Å². The predicted octanol–water partition coefficient (Wildman–Crippen LogP) is 5.04. The van der Waals surface area contributed by atoms with Gasteiger partial charge in [-0.25, -0.2) is 0 Å². The zero-order chi connectivity index (χ0) is 14.2. The summed E-state index contributed by atoms with van der Waals surface area (Å²) in [6.45, 7) is 2.27. The lowest BCUT2D eigenvalue weighted by atomic mass is 9.89. The molecule has 0 spiro atoms. The molecule has 0 saturated carbocycles. The zero-order valence-electron chi connectivity index (χ0n) is 12.9. The smallest absolute Gasteiger partial charge is 0.137 e. The summed E-state index contributed by atoms with van der Waals surface area (Å²) in [6, 6.07) is 6.76. The van der Waals surface area contributed by atoms with E-state index in [1.807, 2.05) is 0 Å². The molecule has 0 aromatic heterocycles. The summed E-state index contributed by atoms with van der Waals surface area (Å²) in [5.74, 6) is 0.400. The van der Waals surface area contributed by atoms with Crippen LogP contribution in [0.3, 0.4) is 0 Å². The average Bonchev–Trinajstić information content (AvgIpc) is 2.46. The summed E-state index contributed by atoms with van der Waals surface area (Å²) in [5.41, 5.74) is 4.15. The highest BCUT2D eigenvalue weighted by Crippen LogP contribution is 2.21. The number of rotatable bonds is 8. The number of fused-ring (bicyclic) bond motifs is 1. The Kier molecular flexibility index (Phi) is 6.29. The summed E-state index contributed by atoms with van der Waals surface area (Å²) < 4.78 is 0. The second-order valence-corrected chi connectivity index (χ2v) is 6.19. The van der Waals surface area contributed by atoms with E-state index < -0.39 is 0 Å². The molecule has 1 aliphatic rings. The van der Waals surface area contributed by atoms with Crippen LogP contribution in [0.15, 0.2) is 18.2 Å². The van der Waals surface area contributed by atoms with Crippen molar-refractivity contribution < 1.29 is 4.79 Å². The number of benzene rings is 1. The summed E-state index contributed by atoms with van der Waals surface area (Å²) in [4.78, 5) is 11.4. The number of hydrogen-bond donors (Lipinski definition) is 0. The first-order chi connectivity index (χ1) is 9.79. The van der Waals surface area contributed by atoms with Gasteiger partial charge in [-0.15, -0.1) is 0 Å². The van der Waals surface area contributed by atoms with E-state index in [-0.39, 0.29) is 0 Å². The maximum Gasteiger partial charge on any atom is 0.137 e. The van der Waals surface area contributed by atoms with Crippen molar-refractivity contribution in [1.29, 1.82) is 0 Å². The topological polar surface area (TPSA) is 17.1 Å². The molecule has 0 radical (unpaired) electrons. The molecule has 0 N–H and O–H groups in total. The summed E-state index contributed by atoms with van der Waals surface area (Å²) >= 11 is 0. The molecule has 20 heavy (non-hydrogen) atoms. The number of hydrogen-bond acceptors (Lipinski definition) is 1. The second-order valence-electron chi connectivity index (χ2n) is 6.19. The molecule has 1 heteroatoms. The number of carbonyl (C=O) groups is 1. The zero-order valence-corrected chi connectivity index (χ0v) is 12.9. The third kappa shape index (κ3) is 4.77. The van der Waals surface area contributed by atoms with Crippen LogP contribution >= 0.6 is 0 Å². The molecule has 1 nitrogen and oxygen atoms in total. The van der Waals surface area contributed by atoms with Crippen molar-refractivity contribution in [2.75, 3.05) is 0 Å². The molecule has 2 rings (SSSR count). The van der Waals surface area contributed by atoms with Crippen LogP contribution in [0.2, 0.25) is 0 Å². The van der Waals surface area contributed by atoms with Crippen LogP contribution in [0.4, 0.5) is 0 Å². The van der Waals surface area contributed by atoms with Gasteiger partial charge in [0.05, 0.1) is 0 Å². The highest BCUT2D eigenvalue weighted by atomic mass is 16.1. The first-order valence-corrected chi connectivity index (χ1v) is 8.42. The molecule has 0 saturated heterocycles. The van der Waals surface area contributed by atoms with E-state index in [9.17, 15) is 4.79 Å². The van der Waals surface area contributed by atoms with Gasteiger partial charge in [0, 0.05) is 12.8 Å². The fourth-order valence-corrected chi connectivity index (χ4v) is 3.10. The van der Waals surface area contributed by atoms with E-state index in [2.05, 4.69) is 25.1 Å². The maximum atomic E-state index is 11.4. The molecule has 0 aliphatic heterocycles. The largest absolute Gasteiger partial charge is 0.299 e. The van der Waals surface area contributed by atoms with Crippen LogP contribution in [0.5, 0.6) is 0 Å². The summed E-state index contributed by atoms with van der Waals surface area (Å²) in [5, 5.41) is 0. The molecule has 0 amide bonds. The fourth-order valence-electron chi connectivity index (χ4n) is 3.10. The Hall–Kier alpha value is -1.11. The lowest BCUT2D eigenvalue weighted by molar-refractivity contribution is -0.118. The molecule has 0 atom stereocenters. The van der Waals surface area contributed by atoms with E-state index in [0.29, 0.717) is 12.2 Å². The lowest BCUT2D eigenvalue weighted by Gasteiger charge is -2.16. The number of ketones is 1. The van der Waals surface area contributed by atoms with E-state index >= 15 is 0 Å². The molecule has 1 aromatic rings. The second kappa shape index (κ2) is 8.24. The van der Waals surface area contributed by atoms with Gasteiger partial charge < -0.3 is 0 Å². The maximum absolute atomic E-state index is 11.4. The molecule has 1 aromatic carbocycles. The normalized spacial score (nSPS) is 14.3. The monoisotopic (exact) mass is 272 g/mol. The molecule has 110 valence electrons. The third-order valence-electron chi connectivity index (χ3n) is 4.40. The Morgan fingerprint density at radius 1 is 0.900 bits per heavy atom. The lowest BCUT2D eigenvalue weighted by Crippen LogP contribution is -2.13. The van der Waals surface area contributed by atoms with Crippen molar-refractivity contribution in [1.82, 2.24) is 0 Å². The summed E-state index contributed by atoms with van der Waals surface area (Å²) in [7, 11) is 0. The fraction of sp³-hybridized carbons (Fsp3) is 0.632. The average molecular weight is 272 g/mol. The van der Waals surface area contributed by atoms with Gasteiger partial charge in [0.25, 0.3) is 0 Å². The van der Waals surface area contributed by atoms with E-state index in [1.165, 1.54) is 68.1 Å². The van der Waals surface area contributed by atoms with Gasteiger partial charge in [0.1, 0.15) is 5.78 Å². The Morgan fingerprint density at radius 3 is 2.45 bits per heavy atom. The number of Topliss-reactive ketones (excluding diaryl/α,β-unsaturated/α-hetero) is 1. The van der Waals surface area contributed by atoms with Crippen molar-refractivity contribution in [3.8, 4) is 0 Å². The van der Waals surface area contributed by atoms with Crippen LogP contribution < -0.4 is 0 Å². The van der Waals surface area contributed by atoms with Gasteiger partial charge in [-0.1, -0.05) is 63.6 Å². The first-order valence-electron chi connectivity index (χ1n) is 8.42. The van der Waals surface area contributed by atoms with Gasteiger partial charge in [0.15, 0.2) is 0 Å². The number of unbranched alkanes of at least 4 members (excludes halogenated alkanes) is 6. The van der Waals surface area contributed by atoms with Crippen molar-refractivity contribution in [3.63, 3.8) is 0 Å². The standard InChI is InChI=1S/C19H28O/c1-2-3-4-5-6-7-8-9-16-10-11-18-15-19(20)13-12-17(18)14-16/h10-11,14H,2-9,12-13,15H2,1H3. The van der Waals surface area contributed by atoms with Gasteiger partial charge >= 0.3 is 0 Å². The SMILES string of the molecule is CCCCCCCCCc1ccc2c(c1)CCC(=O)C2. The van der Waals surface area contributed by atoms with Crippen molar-refractivity contribution >= 4 is 5.78 Å². The van der Waals surface area contributed by atoms with E-state index in [0.717, 1.165) is 12.8 Å². The van der Waals surface area contributed by atoms with Gasteiger partial charge in [-0.05, 0) is 36.0 Å². The summed E-state index contributed by atoms with van der Waals surface area (Å²) in [6.07, 6.45) is 13.2. The Labute approximate surface area is 123 Å². The van der Waals surface area contributed by atoms with Crippen molar-refractivity contribution in [3.05, 3.63) is 34.9 Å². The van der Waals surface area contributed by atoms with Gasteiger partial charge in [-0.2, -0.15) is 0 Å². The Balaban J connectivity index is 1.70. The molecular formula is C19H28O. The predicted molar refractivity (Wildman–Crippen MR) is 85.2 cm³/mol. The third-order valence-corrected chi connectivity index (χ3v) is 4.40. The van der Waals surface area contributed by atoms with Crippen molar-refractivity contribution in [2.24, 2.45) is 0 Å². The highest BCUT2D eigenvalue weighted by molar-refractivity contribution is 5.83. The van der Waals surface area contributed by atoms with E-state index in [4.69, 9.17) is 0 Å². The van der Waals surface area contributed by atoms with Crippen LogP contribution in [0.1, 0.15) is 75.0 Å². The van der Waals surface area contributed by atoms with E-state index in [1.54, 1.807) is 0 Å². The Morgan fingerprint density at radius 2 is 1.65 bits per heavy atom. The molecule has 1 aliphatic carbocycles. The van der Waals surface area contributed by atoms with Crippen molar-refractivity contribution in [2.45, 2.75) is 77.6 Å². The van der Waals surface area contributed by atoms with Crippen LogP contribution in [0.25, 0.3) is 0 Å². The molecular weight excluding hydrogens is 244 g/mol. The molecule has 0 heterocycles. The van der Waals surface area contributed by atoms with Crippen LogP contribution in [0, 0.1) is 0 Å².